The van der Waals surface area contributed by atoms with Gasteiger partial charge in [0.25, 0.3) is 5.91 Å². The molecule has 0 atom stereocenters. The molecule has 0 spiro atoms. The lowest BCUT2D eigenvalue weighted by molar-refractivity contribution is -0.122. The molecule has 190 valence electrons. The number of carbonyl (C=O) groups excluding carboxylic acids is 1. The van der Waals surface area contributed by atoms with E-state index in [0.717, 1.165) is 30.1 Å². The number of unbranched alkanes of at least 4 members (excludes halogenated alkanes) is 4. The van der Waals surface area contributed by atoms with E-state index in [1.165, 1.54) is 40.6 Å². The topological polar surface area (TPSA) is 26.8 Å². The Morgan fingerprint density at radius 2 is 1.59 bits per heavy atom. The number of hydrogen-bond donors (Lipinski definition) is 0. The Balaban J connectivity index is 1.47. The molecule has 2 aliphatic rings. The number of amides is 1. The smallest absolute Gasteiger partial charge is 0.277 e. The van der Waals surface area contributed by atoms with Gasteiger partial charge in [-0.1, -0.05) is 92.9 Å². The van der Waals surface area contributed by atoms with Crippen LogP contribution in [0.2, 0.25) is 0 Å². The molecule has 3 aromatic carbocycles. The zero-order chi connectivity index (χ0) is 25.8. The molecular weight excluding hydrogens is 494 g/mol. The summed E-state index contributed by atoms with van der Waals surface area (Å²) in [6, 6.07) is 22.9. The molecule has 6 heteroatoms. The van der Waals surface area contributed by atoms with Crippen LogP contribution < -0.4 is 9.80 Å². The van der Waals surface area contributed by atoms with E-state index >= 15 is 0 Å². The predicted octanol–water partition coefficient (Wildman–Crippen LogP) is 8.10. The van der Waals surface area contributed by atoms with Crippen LogP contribution in [0.25, 0.3) is 10.8 Å². The van der Waals surface area contributed by atoms with Gasteiger partial charge in [0.1, 0.15) is 5.70 Å². The number of carbonyl (C=O) groups is 1. The first kappa shape index (κ1) is 25.6. The fourth-order valence-corrected chi connectivity index (χ4v) is 6.57. The van der Waals surface area contributed by atoms with Crippen LogP contribution in [0.3, 0.4) is 0 Å². The number of thioether (sulfide) groups is 1. The van der Waals surface area contributed by atoms with Crippen LogP contribution in [0.15, 0.2) is 94.5 Å². The number of hydrogen-bond acceptors (Lipinski definition) is 4. The van der Waals surface area contributed by atoms with Gasteiger partial charge in [-0.2, -0.15) is 0 Å². The van der Waals surface area contributed by atoms with E-state index in [2.05, 4.69) is 61.2 Å². The molecule has 0 saturated carbocycles. The number of anilines is 2. The summed E-state index contributed by atoms with van der Waals surface area (Å²) in [6.45, 7) is 5.89. The second-order valence-electron chi connectivity index (χ2n) is 9.36. The Bertz CT molecular complexity index is 1370. The predicted molar refractivity (Wildman–Crippen MR) is 161 cm³/mol. The zero-order valence-corrected chi connectivity index (χ0v) is 23.2. The number of rotatable bonds is 9. The Labute approximate surface area is 229 Å². The Morgan fingerprint density at radius 1 is 0.838 bits per heavy atom. The molecule has 2 heterocycles. The van der Waals surface area contributed by atoms with Crippen molar-refractivity contribution in [1.82, 2.24) is 4.90 Å². The third-order valence-corrected chi connectivity index (χ3v) is 8.46. The minimum atomic E-state index is -0.0183. The van der Waals surface area contributed by atoms with Gasteiger partial charge < -0.3 is 4.90 Å². The second-order valence-corrected chi connectivity index (χ2v) is 10.8. The molecule has 37 heavy (non-hydrogen) atoms. The molecule has 5 rings (SSSR count). The molecule has 1 saturated heterocycles. The maximum absolute atomic E-state index is 13.6. The molecule has 0 N–H and O–H groups in total. The van der Waals surface area contributed by atoms with Crippen LogP contribution in [0.5, 0.6) is 0 Å². The third-order valence-electron chi connectivity index (χ3n) is 6.94. The van der Waals surface area contributed by atoms with Crippen molar-refractivity contribution in [3.05, 3.63) is 89.6 Å². The first-order valence-corrected chi connectivity index (χ1v) is 14.5. The molecule has 2 aliphatic heterocycles. The number of benzene rings is 3. The second kappa shape index (κ2) is 11.5. The summed E-state index contributed by atoms with van der Waals surface area (Å²) in [6.07, 6.45) is 9.75. The van der Waals surface area contributed by atoms with Crippen LogP contribution in [-0.4, -0.2) is 29.0 Å². The summed E-state index contributed by atoms with van der Waals surface area (Å²) in [5.74, 6) is -0.0183. The molecule has 1 fully saturated rings. The largest absolute Gasteiger partial charge is 0.335 e. The number of allylic oxidation sites excluding steroid dienone is 2. The van der Waals surface area contributed by atoms with Gasteiger partial charge in [-0.3, -0.25) is 14.6 Å². The lowest BCUT2D eigenvalue weighted by atomic mass is 10.1. The van der Waals surface area contributed by atoms with Crippen molar-refractivity contribution >= 4 is 57.1 Å². The fourth-order valence-electron chi connectivity index (χ4n) is 5.05. The van der Waals surface area contributed by atoms with Crippen LogP contribution in [0, 0.1) is 0 Å². The molecule has 0 unspecified atom stereocenters. The van der Waals surface area contributed by atoms with Crippen LogP contribution in [0.1, 0.15) is 46.0 Å². The van der Waals surface area contributed by atoms with E-state index in [1.54, 1.807) is 16.7 Å². The quantitative estimate of drug-likeness (QED) is 0.159. The summed E-state index contributed by atoms with van der Waals surface area (Å²) >= 11 is 7.61. The zero-order valence-electron chi connectivity index (χ0n) is 21.5. The molecule has 0 radical (unpaired) electrons. The number of fused-ring (bicyclic) bond motifs is 3. The number of thiocarbonyl (C=S) groups is 1. The highest BCUT2D eigenvalue weighted by Gasteiger charge is 2.38. The Hall–Kier alpha value is -3.09. The lowest BCUT2D eigenvalue weighted by Gasteiger charge is -2.21. The van der Waals surface area contributed by atoms with Crippen molar-refractivity contribution in [2.45, 2.75) is 50.8 Å². The highest BCUT2D eigenvalue weighted by atomic mass is 32.2. The molecule has 4 nitrogen and oxygen atoms in total. The molecule has 0 aromatic heterocycles. The normalized spacial score (nSPS) is 17.6. The molecule has 0 aliphatic carbocycles. The SMILES string of the molecule is CCCCCCCN1C(=O)/C(=C\C=C2/Sc3ccc4ccccc4c3N2CC)N(c2ccccc2)C1=S. The number of para-hydroxylation sites is 1. The van der Waals surface area contributed by atoms with Gasteiger partial charge in [0.05, 0.1) is 10.7 Å². The van der Waals surface area contributed by atoms with Gasteiger partial charge in [0.2, 0.25) is 0 Å². The highest BCUT2D eigenvalue weighted by molar-refractivity contribution is 8.03. The van der Waals surface area contributed by atoms with Crippen LogP contribution >= 0.6 is 24.0 Å². The summed E-state index contributed by atoms with van der Waals surface area (Å²) in [5.41, 5.74) is 2.77. The summed E-state index contributed by atoms with van der Waals surface area (Å²) < 4.78 is 0. The Kier molecular flexibility index (Phi) is 7.96. The standard InChI is InChI=1S/C31H33N3OS2/c1-3-5-6-7-13-22-33-30(35)26(34(31(33)36)24-15-9-8-10-16-24)19-21-28-32(4-2)29-25-17-12-11-14-23(25)18-20-27(29)37-28/h8-12,14-21H,3-7,13,22H2,1-2H3/b26-19+,28-21-. The van der Waals surface area contributed by atoms with Crippen LogP contribution in [-0.2, 0) is 4.79 Å². The monoisotopic (exact) mass is 527 g/mol. The van der Waals surface area contributed by atoms with Crippen molar-refractivity contribution in [1.29, 1.82) is 0 Å². The van der Waals surface area contributed by atoms with E-state index in [1.807, 2.05) is 41.3 Å². The minimum absolute atomic E-state index is 0.0183. The van der Waals surface area contributed by atoms with Gasteiger partial charge in [0.15, 0.2) is 5.11 Å². The molecular formula is C31H33N3OS2. The van der Waals surface area contributed by atoms with Gasteiger partial charge >= 0.3 is 0 Å². The fraction of sp³-hybridized carbons (Fsp3) is 0.290. The van der Waals surface area contributed by atoms with Crippen molar-refractivity contribution < 1.29 is 4.79 Å². The minimum Gasteiger partial charge on any atom is -0.335 e. The third kappa shape index (κ3) is 5.05. The first-order valence-electron chi connectivity index (χ1n) is 13.2. The summed E-state index contributed by atoms with van der Waals surface area (Å²) in [5, 5.41) is 4.17. The molecule has 3 aromatic rings. The van der Waals surface area contributed by atoms with Crippen molar-refractivity contribution in [3.8, 4) is 0 Å². The van der Waals surface area contributed by atoms with E-state index < -0.39 is 0 Å². The summed E-state index contributed by atoms with van der Waals surface area (Å²) in [4.78, 5) is 20.9. The average Bonchev–Trinajstić information content (AvgIpc) is 3.41. The first-order chi connectivity index (χ1) is 18.1. The van der Waals surface area contributed by atoms with Crippen LogP contribution in [0.4, 0.5) is 11.4 Å². The van der Waals surface area contributed by atoms with Crippen molar-refractivity contribution in [2.24, 2.45) is 0 Å². The van der Waals surface area contributed by atoms with E-state index in [0.29, 0.717) is 17.4 Å². The van der Waals surface area contributed by atoms with Gasteiger partial charge in [0, 0.05) is 29.1 Å². The average molecular weight is 528 g/mol. The van der Waals surface area contributed by atoms with Gasteiger partial charge in [-0.25, -0.2) is 0 Å². The van der Waals surface area contributed by atoms with E-state index in [9.17, 15) is 4.79 Å². The number of nitrogens with zero attached hydrogens (tertiary/aromatic N) is 3. The van der Waals surface area contributed by atoms with E-state index in [4.69, 9.17) is 12.2 Å². The highest BCUT2D eigenvalue weighted by Crippen LogP contribution is 2.49. The lowest BCUT2D eigenvalue weighted by Crippen LogP contribution is -2.33. The molecule has 0 bridgehead atoms. The van der Waals surface area contributed by atoms with Gasteiger partial charge in [-0.15, -0.1) is 0 Å². The van der Waals surface area contributed by atoms with Crippen molar-refractivity contribution in [2.75, 3.05) is 22.9 Å². The Morgan fingerprint density at radius 3 is 2.38 bits per heavy atom. The maximum Gasteiger partial charge on any atom is 0.277 e. The summed E-state index contributed by atoms with van der Waals surface area (Å²) in [7, 11) is 0. The van der Waals surface area contributed by atoms with E-state index in [-0.39, 0.29) is 5.91 Å². The van der Waals surface area contributed by atoms with Gasteiger partial charge in [-0.05, 0) is 61.3 Å². The maximum atomic E-state index is 13.6. The molecule has 1 amide bonds. The van der Waals surface area contributed by atoms with Crippen molar-refractivity contribution in [3.63, 3.8) is 0 Å².